The highest BCUT2D eigenvalue weighted by atomic mass is 35.5. The second-order valence-corrected chi connectivity index (χ2v) is 6.52. The molecule has 0 radical (unpaired) electrons. The third-order valence-corrected chi connectivity index (χ3v) is 4.06. The van der Waals surface area contributed by atoms with Crippen molar-refractivity contribution in [3.05, 3.63) is 27.7 Å². The van der Waals surface area contributed by atoms with E-state index in [2.05, 4.69) is 0 Å². The molecule has 1 aromatic carbocycles. The molecule has 0 aromatic heterocycles. The Hall–Kier alpha value is -1.01. The molecule has 0 spiro atoms. The summed E-state index contributed by atoms with van der Waals surface area (Å²) in [4.78, 5) is 14.3. The topological polar surface area (TPSA) is 75.8 Å². The SMILES string of the molecule is CC1(C)CN(C(=O)c2cc(N)cc(Cl)c2Cl)CC(CO)O1. The number of rotatable bonds is 2. The number of carbonyl (C=O) groups is 1. The van der Waals surface area contributed by atoms with E-state index in [1.807, 2.05) is 13.8 Å². The number of aliphatic hydroxyl groups excluding tert-OH is 1. The number of benzene rings is 1. The number of nitrogens with zero attached hydrogens (tertiary/aromatic N) is 1. The number of amides is 1. The standard InChI is InChI=1S/C14H18Cl2N2O3/c1-14(2)7-18(5-9(6-19)21-14)13(20)10-3-8(17)4-11(15)12(10)16/h3-4,9,19H,5-7,17H2,1-2H3. The summed E-state index contributed by atoms with van der Waals surface area (Å²) in [7, 11) is 0. The number of hydrogen-bond donors (Lipinski definition) is 2. The molecule has 1 saturated heterocycles. The van der Waals surface area contributed by atoms with Gasteiger partial charge in [-0.1, -0.05) is 23.2 Å². The zero-order chi connectivity index (χ0) is 15.8. The van der Waals surface area contributed by atoms with Gasteiger partial charge in [0.25, 0.3) is 5.91 Å². The van der Waals surface area contributed by atoms with Gasteiger partial charge in [0.1, 0.15) is 0 Å². The fraction of sp³-hybridized carbons (Fsp3) is 0.500. The minimum atomic E-state index is -0.544. The minimum Gasteiger partial charge on any atom is -0.399 e. The summed E-state index contributed by atoms with van der Waals surface area (Å²) in [5, 5.41) is 9.73. The van der Waals surface area contributed by atoms with Crippen LogP contribution >= 0.6 is 23.2 Å². The van der Waals surface area contributed by atoms with Crippen LogP contribution in [0.3, 0.4) is 0 Å². The molecule has 5 nitrogen and oxygen atoms in total. The number of anilines is 1. The van der Waals surface area contributed by atoms with Crippen molar-refractivity contribution in [2.75, 3.05) is 25.4 Å². The van der Waals surface area contributed by atoms with Crippen LogP contribution in [0, 0.1) is 0 Å². The molecule has 1 aliphatic heterocycles. The van der Waals surface area contributed by atoms with Crippen LogP contribution in [-0.2, 0) is 4.74 Å². The Morgan fingerprint density at radius 3 is 2.81 bits per heavy atom. The van der Waals surface area contributed by atoms with E-state index in [0.29, 0.717) is 18.8 Å². The summed E-state index contributed by atoms with van der Waals surface area (Å²) in [5.74, 6) is -0.274. The minimum absolute atomic E-state index is 0.154. The number of aliphatic hydroxyl groups is 1. The molecule has 0 aliphatic carbocycles. The second-order valence-electron chi connectivity index (χ2n) is 5.73. The number of nitrogen functional groups attached to an aromatic ring is 1. The zero-order valence-corrected chi connectivity index (χ0v) is 13.4. The van der Waals surface area contributed by atoms with E-state index in [0.717, 1.165) is 0 Å². The molecule has 1 heterocycles. The Bertz CT molecular complexity index is 563. The Morgan fingerprint density at radius 2 is 2.19 bits per heavy atom. The fourth-order valence-electron chi connectivity index (χ4n) is 2.48. The van der Waals surface area contributed by atoms with Gasteiger partial charge >= 0.3 is 0 Å². The first-order valence-electron chi connectivity index (χ1n) is 6.56. The fourth-order valence-corrected chi connectivity index (χ4v) is 2.90. The highest BCUT2D eigenvalue weighted by molar-refractivity contribution is 6.44. The van der Waals surface area contributed by atoms with E-state index in [1.54, 1.807) is 4.90 Å². The lowest BCUT2D eigenvalue weighted by molar-refractivity contribution is -0.139. The molecule has 1 unspecified atom stereocenters. The quantitative estimate of drug-likeness (QED) is 0.814. The average molecular weight is 333 g/mol. The number of morpholine rings is 1. The van der Waals surface area contributed by atoms with Crippen molar-refractivity contribution < 1.29 is 14.6 Å². The molecular weight excluding hydrogens is 315 g/mol. The zero-order valence-electron chi connectivity index (χ0n) is 11.9. The van der Waals surface area contributed by atoms with Crippen LogP contribution in [0.15, 0.2) is 12.1 Å². The maximum absolute atomic E-state index is 12.7. The summed E-state index contributed by atoms with van der Waals surface area (Å²) >= 11 is 12.1. The maximum atomic E-state index is 12.7. The first-order chi connectivity index (χ1) is 9.73. The number of halogens is 2. The number of carbonyl (C=O) groups excluding carboxylic acids is 1. The van der Waals surface area contributed by atoms with Crippen LogP contribution in [0.25, 0.3) is 0 Å². The van der Waals surface area contributed by atoms with Crippen LogP contribution in [0.5, 0.6) is 0 Å². The van der Waals surface area contributed by atoms with E-state index in [9.17, 15) is 9.90 Å². The molecule has 1 fully saturated rings. The van der Waals surface area contributed by atoms with E-state index in [4.69, 9.17) is 33.7 Å². The third kappa shape index (κ3) is 3.61. The van der Waals surface area contributed by atoms with Gasteiger partial charge in [-0.2, -0.15) is 0 Å². The number of ether oxygens (including phenoxy) is 1. The summed E-state index contributed by atoms with van der Waals surface area (Å²) in [6, 6.07) is 3.01. The monoisotopic (exact) mass is 332 g/mol. The molecule has 1 atom stereocenters. The summed E-state index contributed by atoms with van der Waals surface area (Å²) in [6.07, 6.45) is -0.423. The molecule has 21 heavy (non-hydrogen) atoms. The van der Waals surface area contributed by atoms with E-state index < -0.39 is 11.7 Å². The van der Waals surface area contributed by atoms with Crippen LogP contribution in [0.4, 0.5) is 5.69 Å². The summed E-state index contributed by atoms with van der Waals surface area (Å²) in [5.41, 5.74) is 5.81. The van der Waals surface area contributed by atoms with E-state index >= 15 is 0 Å². The van der Waals surface area contributed by atoms with Crippen molar-refractivity contribution in [2.24, 2.45) is 0 Å². The molecule has 116 valence electrons. The first-order valence-corrected chi connectivity index (χ1v) is 7.31. The van der Waals surface area contributed by atoms with Crippen LogP contribution < -0.4 is 5.73 Å². The van der Waals surface area contributed by atoms with Gasteiger partial charge in [-0.15, -0.1) is 0 Å². The summed E-state index contributed by atoms with van der Waals surface area (Å²) < 4.78 is 5.69. The van der Waals surface area contributed by atoms with Gasteiger partial charge in [-0.25, -0.2) is 0 Å². The van der Waals surface area contributed by atoms with Gasteiger partial charge in [0.15, 0.2) is 0 Å². The van der Waals surface area contributed by atoms with Crippen molar-refractivity contribution in [1.82, 2.24) is 4.90 Å². The smallest absolute Gasteiger partial charge is 0.255 e. The highest BCUT2D eigenvalue weighted by Gasteiger charge is 2.36. The molecule has 7 heteroatoms. The van der Waals surface area contributed by atoms with E-state index in [1.165, 1.54) is 12.1 Å². The molecule has 2 rings (SSSR count). The normalized spacial score (nSPS) is 21.4. The average Bonchev–Trinajstić information content (AvgIpc) is 2.40. The van der Waals surface area contributed by atoms with Crippen molar-refractivity contribution >= 4 is 34.8 Å². The molecule has 1 amide bonds. The van der Waals surface area contributed by atoms with Crippen LogP contribution in [0.1, 0.15) is 24.2 Å². The highest BCUT2D eigenvalue weighted by Crippen LogP contribution is 2.31. The number of hydrogen-bond acceptors (Lipinski definition) is 4. The molecular formula is C14H18Cl2N2O3. The molecule has 1 aliphatic rings. The lowest BCUT2D eigenvalue weighted by Gasteiger charge is -2.42. The largest absolute Gasteiger partial charge is 0.399 e. The predicted molar refractivity (Wildman–Crippen MR) is 82.8 cm³/mol. The Balaban J connectivity index is 2.31. The molecule has 0 saturated carbocycles. The number of nitrogens with two attached hydrogens (primary N) is 1. The Kier molecular flexibility index (Phi) is 4.68. The van der Waals surface area contributed by atoms with Gasteiger partial charge in [0, 0.05) is 18.8 Å². The van der Waals surface area contributed by atoms with Gasteiger partial charge in [0.05, 0.1) is 33.9 Å². The molecule has 0 bridgehead atoms. The molecule has 3 N–H and O–H groups in total. The lowest BCUT2D eigenvalue weighted by Crippen LogP contribution is -2.55. The maximum Gasteiger partial charge on any atom is 0.255 e. The van der Waals surface area contributed by atoms with Crippen LogP contribution in [-0.4, -0.2) is 47.3 Å². The van der Waals surface area contributed by atoms with Crippen LogP contribution in [0.2, 0.25) is 10.0 Å². The Labute approximate surface area is 133 Å². The molecule has 1 aromatic rings. The summed E-state index contributed by atoms with van der Waals surface area (Å²) in [6.45, 7) is 4.26. The van der Waals surface area contributed by atoms with Crippen molar-refractivity contribution in [3.63, 3.8) is 0 Å². The van der Waals surface area contributed by atoms with Gasteiger partial charge in [-0.05, 0) is 26.0 Å². The first kappa shape index (κ1) is 16.4. The second kappa shape index (κ2) is 6.01. The van der Waals surface area contributed by atoms with Gasteiger partial charge < -0.3 is 20.5 Å². The lowest BCUT2D eigenvalue weighted by atomic mass is 10.0. The third-order valence-electron chi connectivity index (χ3n) is 3.25. The van der Waals surface area contributed by atoms with Gasteiger partial charge in [-0.3, -0.25) is 4.79 Å². The van der Waals surface area contributed by atoms with E-state index in [-0.39, 0.29) is 28.1 Å². The van der Waals surface area contributed by atoms with Crippen molar-refractivity contribution in [2.45, 2.75) is 25.6 Å². The van der Waals surface area contributed by atoms with Crippen molar-refractivity contribution in [1.29, 1.82) is 0 Å². The van der Waals surface area contributed by atoms with Crippen molar-refractivity contribution in [3.8, 4) is 0 Å². The Morgan fingerprint density at radius 1 is 1.52 bits per heavy atom. The predicted octanol–water partition coefficient (Wildman–Crippen LogP) is 2.19. The van der Waals surface area contributed by atoms with Gasteiger partial charge in [0.2, 0.25) is 0 Å².